The van der Waals surface area contributed by atoms with Crippen LogP contribution in [0.25, 0.3) is 0 Å². The van der Waals surface area contributed by atoms with E-state index < -0.39 is 0 Å². The molecule has 0 fully saturated rings. The van der Waals surface area contributed by atoms with Crippen molar-refractivity contribution in [1.82, 2.24) is 15.5 Å². The normalized spacial score (nSPS) is 12.3. The number of carbonyl (C=O) groups is 2. The van der Waals surface area contributed by atoms with Crippen LogP contribution in [-0.2, 0) is 9.59 Å². The molecule has 0 radical (unpaired) electrons. The molecule has 154 valence electrons. The highest BCUT2D eigenvalue weighted by molar-refractivity contribution is 8.76. The first-order chi connectivity index (χ1) is 11.9. The molecule has 2 N–H and O–H groups in total. The Morgan fingerprint density at radius 2 is 1.31 bits per heavy atom. The maximum absolute atomic E-state index is 11.8. The van der Waals surface area contributed by atoms with Crippen molar-refractivity contribution in [2.75, 3.05) is 38.2 Å². The molecule has 0 unspecified atom stereocenters. The Kier molecular flexibility index (Phi) is 12.7. The molecule has 0 aromatic carbocycles. The molecule has 26 heavy (non-hydrogen) atoms. The van der Waals surface area contributed by atoms with Crippen molar-refractivity contribution in [3.63, 3.8) is 0 Å². The van der Waals surface area contributed by atoms with Gasteiger partial charge in [-0.25, -0.2) is 0 Å². The fourth-order valence-corrected chi connectivity index (χ4v) is 3.67. The van der Waals surface area contributed by atoms with E-state index in [1.807, 2.05) is 7.05 Å². The lowest BCUT2D eigenvalue weighted by Gasteiger charge is -2.31. The quantitative estimate of drug-likeness (QED) is 0.384. The fraction of sp³-hybridized carbons (Fsp3) is 0.895. The van der Waals surface area contributed by atoms with Crippen LogP contribution >= 0.6 is 21.6 Å². The Labute approximate surface area is 168 Å². The van der Waals surface area contributed by atoms with Crippen molar-refractivity contribution >= 4 is 33.4 Å². The van der Waals surface area contributed by atoms with E-state index in [0.717, 1.165) is 24.5 Å². The first-order valence-electron chi connectivity index (χ1n) is 9.41. The van der Waals surface area contributed by atoms with Crippen LogP contribution in [0.2, 0.25) is 0 Å². The number of hydrogen-bond donors (Lipinski definition) is 2. The van der Waals surface area contributed by atoms with Crippen LogP contribution in [0.5, 0.6) is 0 Å². The van der Waals surface area contributed by atoms with Crippen LogP contribution in [0, 0.1) is 5.41 Å². The van der Waals surface area contributed by atoms with E-state index in [9.17, 15) is 9.59 Å². The third-order valence-corrected chi connectivity index (χ3v) is 6.43. The predicted molar refractivity (Wildman–Crippen MR) is 117 cm³/mol. The Bertz CT molecular complexity index is 418. The molecule has 7 heteroatoms. The van der Waals surface area contributed by atoms with Gasteiger partial charge in [-0.05, 0) is 39.7 Å². The lowest BCUT2D eigenvalue weighted by Crippen LogP contribution is -2.40. The molecule has 0 aliphatic heterocycles. The van der Waals surface area contributed by atoms with Gasteiger partial charge in [0.2, 0.25) is 11.8 Å². The van der Waals surface area contributed by atoms with Crippen LogP contribution in [0.1, 0.15) is 60.8 Å². The molecular weight excluding hydrogens is 366 g/mol. The topological polar surface area (TPSA) is 61.4 Å². The number of nitrogens with one attached hydrogen (secondary N) is 2. The van der Waals surface area contributed by atoms with Crippen LogP contribution in [0.3, 0.4) is 0 Å². The van der Waals surface area contributed by atoms with Crippen molar-refractivity contribution in [3.8, 4) is 0 Å². The first-order valence-corrected chi connectivity index (χ1v) is 11.9. The number of amides is 2. The molecule has 0 atom stereocenters. The highest BCUT2D eigenvalue weighted by atomic mass is 33.1. The molecule has 0 spiro atoms. The minimum atomic E-state index is 0.0922. The van der Waals surface area contributed by atoms with E-state index in [1.54, 1.807) is 21.6 Å². The number of rotatable bonds is 12. The van der Waals surface area contributed by atoms with Crippen LogP contribution in [0.4, 0.5) is 0 Å². The Balaban J connectivity index is 3.51. The minimum Gasteiger partial charge on any atom is -0.355 e. The van der Waals surface area contributed by atoms with Gasteiger partial charge in [0.15, 0.2) is 0 Å². The largest absolute Gasteiger partial charge is 0.355 e. The maximum atomic E-state index is 11.8. The highest BCUT2D eigenvalue weighted by Gasteiger charge is 2.17. The van der Waals surface area contributed by atoms with Crippen molar-refractivity contribution in [1.29, 1.82) is 0 Å². The third kappa shape index (κ3) is 15.8. The second kappa shape index (κ2) is 12.9. The first kappa shape index (κ1) is 25.6. The summed E-state index contributed by atoms with van der Waals surface area (Å²) >= 11 is 0. The molecule has 0 aliphatic rings. The standard InChI is InChI=1S/C19H39N3O2S2/c1-18(2,3)10-8-16(23)20-11-14-25-26-15-12-21-17(24)9-13-22(7)19(4,5)6/h8-15H2,1-7H3,(H,20,23)(H,21,24). The van der Waals surface area contributed by atoms with Gasteiger partial charge in [0.1, 0.15) is 0 Å². The van der Waals surface area contributed by atoms with Gasteiger partial charge in [0.05, 0.1) is 0 Å². The lowest BCUT2D eigenvalue weighted by atomic mass is 9.90. The van der Waals surface area contributed by atoms with Crippen LogP contribution in [-0.4, -0.2) is 60.4 Å². The van der Waals surface area contributed by atoms with Gasteiger partial charge in [-0.15, -0.1) is 0 Å². The molecule has 0 bridgehead atoms. The zero-order valence-electron chi connectivity index (χ0n) is 17.7. The number of carbonyl (C=O) groups excluding carboxylic acids is 2. The summed E-state index contributed by atoms with van der Waals surface area (Å²) in [5.41, 5.74) is 0.295. The molecule has 0 aromatic rings. The second-order valence-electron chi connectivity index (χ2n) is 8.75. The molecular formula is C19H39N3O2S2. The summed E-state index contributed by atoms with van der Waals surface area (Å²) in [6.45, 7) is 15.0. The SMILES string of the molecule is CN(CCC(=O)NCCSSCCNC(=O)CCC(C)(C)C)C(C)(C)C. The van der Waals surface area contributed by atoms with Gasteiger partial charge in [-0.3, -0.25) is 9.59 Å². The minimum absolute atomic E-state index is 0.0922. The molecule has 0 saturated heterocycles. The van der Waals surface area contributed by atoms with Gasteiger partial charge < -0.3 is 15.5 Å². The molecule has 0 aliphatic carbocycles. The average Bonchev–Trinajstić information content (AvgIpc) is 2.51. The van der Waals surface area contributed by atoms with Crippen molar-refractivity contribution < 1.29 is 9.59 Å². The second-order valence-corrected chi connectivity index (χ2v) is 11.4. The Hall–Kier alpha value is -0.400. The summed E-state index contributed by atoms with van der Waals surface area (Å²) in [5.74, 6) is 2.01. The zero-order valence-corrected chi connectivity index (χ0v) is 19.4. The smallest absolute Gasteiger partial charge is 0.221 e. The lowest BCUT2D eigenvalue weighted by molar-refractivity contribution is -0.122. The third-order valence-electron chi connectivity index (χ3n) is 4.02. The maximum Gasteiger partial charge on any atom is 0.221 e. The Morgan fingerprint density at radius 3 is 1.73 bits per heavy atom. The van der Waals surface area contributed by atoms with E-state index in [0.29, 0.717) is 25.9 Å². The molecule has 0 aromatic heterocycles. The van der Waals surface area contributed by atoms with Crippen molar-refractivity contribution in [3.05, 3.63) is 0 Å². The van der Waals surface area contributed by atoms with Gasteiger partial charge >= 0.3 is 0 Å². The van der Waals surface area contributed by atoms with Crippen LogP contribution < -0.4 is 10.6 Å². The Morgan fingerprint density at radius 1 is 0.846 bits per heavy atom. The summed E-state index contributed by atoms with van der Waals surface area (Å²) in [6.07, 6.45) is 2.04. The van der Waals surface area contributed by atoms with Gasteiger partial charge in [-0.2, -0.15) is 0 Å². The van der Waals surface area contributed by atoms with E-state index in [-0.39, 0.29) is 22.8 Å². The summed E-state index contributed by atoms with van der Waals surface area (Å²) < 4.78 is 0. The predicted octanol–water partition coefficient (Wildman–Crippen LogP) is 3.55. The van der Waals surface area contributed by atoms with Gasteiger partial charge in [0, 0.05) is 49.5 Å². The van der Waals surface area contributed by atoms with Crippen molar-refractivity contribution in [2.24, 2.45) is 5.41 Å². The number of hydrogen-bond acceptors (Lipinski definition) is 5. The summed E-state index contributed by atoms with van der Waals surface area (Å²) in [4.78, 5) is 25.7. The summed E-state index contributed by atoms with van der Waals surface area (Å²) in [7, 11) is 5.51. The monoisotopic (exact) mass is 405 g/mol. The number of nitrogens with zero attached hydrogens (tertiary/aromatic N) is 1. The van der Waals surface area contributed by atoms with E-state index in [4.69, 9.17) is 0 Å². The van der Waals surface area contributed by atoms with E-state index in [1.165, 1.54) is 0 Å². The molecule has 0 heterocycles. The molecule has 0 saturated carbocycles. The molecule has 0 rings (SSSR count). The van der Waals surface area contributed by atoms with Gasteiger partial charge in [0.25, 0.3) is 0 Å². The van der Waals surface area contributed by atoms with Gasteiger partial charge in [-0.1, -0.05) is 42.4 Å². The van der Waals surface area contributed by atoms with Crippen LogP contribution in [0.15, 0.2) is 0 Å². The average molecular weight is 406 g/mol. The highest BCUT2D eigenvalue weighted by Crippen LogP contribution is 2.21. The van der Waals surface area contributed by atoms with E-state index >= 15 is 0 Å². The molecule has 2 amide bonds. The summed E-state index contributed by atoms with van der Waals surface area (Å²) in [6, 6.07) is 0. The van der Waals surface area contributed by atoms with Crippen molar-refractivity contribution in [2.45, 2.75) is 66.3 Å². The van der Waals surface area contributed by atoms with E-state index in [2.05, 4.69) is 57.1 Å². The molecule has 5 nitrogen and oxygen atoms in total. The fourth-order valence-electron chi connectivity index (χ4n) is 1.85. The zero-order chi connectivity index (χ0) is 20.2. The summed E-state index contributed by atoms with van der Waals surface area (Å²) in [5, 5.41) is 5.92.